The van der Waals surface area contributed by atoms with Crippen LogP contribution in [0.4, 0.5) is 4.79 Å². The van der Waals surface area contributed by atoms with Gasteiger partial charge in [-0.15, -0.1) is 16.4 Å². The maximum atomic E-state index is 12.8. The molecule has 0 saturated carbocycles. The Kier molecular flexibility index (Phi) is 4.72. The summed E-state index contributed by atoms with van der Waals surface area (Å²) in [5.41, 5.74) is 4.98. The Labute approximate surface area is 167 Å². The fourth-order valence-electron chi connectivity index (χ4n) is 3.31. The number of thiophene rings is 1. The molecule has 0 fully saturated rings. The van der Waals surface area contributed by atoms with Gasteiger partial charge in [-0.1, -0.05) is 6.07 Å². The van der Waals surface area contributed by atoms with Gasteiger partial charge in [0.15, 0.2) is 5.65 Å². The molecule has 28 heavy (non-hydrogen) atoms. The second-order valence-corrected chi connectivity index (χ2v) is 8.22. The molecule has 0 aliphatic heterocycles. The molecule has 0 saturated heterocycles. The van der Waals surface area contributed by atoms with Crippen molar-refractivity contribution < 1.29 is 4.79 Å². The molecule has 0 radical (unpaired) electrons. The number of amides is 2. The molecule has 0 N–H and O–H groups in total. The van der Waals surface area contributed by atoms with Crippen molar-refractivity contribution in [2.75, 3.05) is 14.1 Å². The Morgan fingerprint density at radius 1 is 1.14 bits per heavy atom. The molecule has 4 aromatic rings. The number of hydrogen-bond donors (Lipinski definition) is 0. The van der Waals surface area contributed by atoms with Crippen LogP contribution in [0.25, 0.3) is 16.6 Å². The smallest absolute Gasteiger partial charge is 0.320 e. The lowest BCUT2D eigenvalue weighted by Crippen LogP contribution is -2.38. The third-order valence-corrected chi connectivity index (χ3v) is 5.76. The average Bonchev–Trinajstić information content (AvgIpc) is 3.34. The van der Waals surface area contributed by atoms with Crippen LogP contribution >= 0.6 is 11.3 Å². The normalized spacial score (nSPS) is 11.3. The van der Waals surface area contributed by atoms with Gasteiger partial charge >= 0.3 is 6.03 Å². The van der Waals surface area contributed by atoms with Crippen LogP contribution in [0.1, 0.15) is 21.6 Å². The summed E-state index contributed by atoms with van der Waals surface area (Å²) in [5, 5.41) is 15.4. The van der Waals surface area contributed by atoms with Gasteiger partial charge in [0.25, 0.3) is 0 Å². The van der Waals surface area contributed by atoms with E-state index in [9.17, 15) is 4.79 Å². The summed E-state index contributed by atoms with van der Waals surface area (Å²) in [7, 11) is 3.54. The average molecular weight is 395 g/mol. The zero-order valence-electron chi connectivity index (χ0n) is 16.4. The fraction of sp³-hybridized carbons (Fsp3) is 0.300. The first-order chi connectivity index (χ1) is 13.4. The predicted octanol–water partition coefficient (Wildman–Crippen LogP) is 3.64. The first-order valence-electron chi connectivity index (χ1n) is 9.03. The van der Waals surface area contributed by atoms with Crippen molar-refractivity contribution in [2.45, 2.75) is 26.9 Å². The van der Waals surface area contributed by atoms with Crippen LogP contribution < -0.4 is 0 Å². The molecular formula is C20H22N6OS. The quantitative estimate of drug-likeness (QED) is 0.530. The molecule has 144 valence electrons. The molecule has 1 aromatic carbocycles. The summed E-state index contributed by atoms with van der Waals surface area (Å²) < 4.78 is 1.76. The highest BCUT2D eigenvalue weighted by Crippen LogP contribution is 2.24. The first kappa shape index (κ1) is 18.4. The van der Waals surface area contributed by atoms with Gasteiger partial charge in [-0.05, 0) is 65.0 Å². The predicted molar refractivity (Wildman–Crippen MR) is 110 cm³/mol. The molecule has 2 amide bonds. The number of aryl methyl sites for hydroxylation is 2. The number of tetrazole rings is 1. The van der Waals surface area contributed by atoms with Crippen molar-refractivity contribution in [3.8, 4) is 0 Å². The standard InChI is InChI=1S/C20H22N6OS/c1-13-8-15-10-16(19-21-22-23-26(19)18(15)9-14(13)2)11-25(20(27)24(3)4)12-17-6-5-7-28-17/h5-10H,11-12H2,1-4H3. The van der Waals surface area contributed by atoms with Crippen molar-refractivity contribution in [3.05, 3.63) is 57.3 Å². The Balaban J connectivity index is 1.80. The van der Waals surface area contributed by atoms with Gasteiger partial charge in [0.2, 0.25) is 0 Å². The SMILES string of the molecule is Cc1cc2cc(CN(Cc3cccs3)C(=O)N(C)C)c3nnnn3c2cc1C. The number of nitrogens with zero attached hydrogens (tertiary/aromatic N) is 6. The summed E-state index contributed by atoms with van der Waals surface area (Å²) in [6.45, 7) is 5.16. The van der Waals surface area contributed by atoms with Gasteiger partial charge in [-0.3, -0.25) is 0 Å². The van der Waals surface area contributed by atoms with Crippen LogP contribution in [0.15, 0.2) is 35.7 Å². The summed E-state index contributed by atoms with van der Waals surface area (Å²) in [4.78, 5) is 17.4. The molecule has 3 aromatic heterocycles. The minimum Gasteiger partial charge on any atom is -0.331 e. The van der Waals surface area contributed by atoms with E-state index >= 15 is 0 Å². The van der Waals surface area contributed by atoms with E-state index < -0.39 is 0 Å². The van der Waals surface area contributed by atoms with E-state index in [-0.39, 0.29) is 6.03 Å². The number of aromatic nitrogens is 4. The Morgan fingerprint density at radius 3 is 2.64 bits per heavy atom. The van der Waals surface area contributed by atoms with Crippen molar-refractivity contribution in [1.29, 1.82) is 0 Å². The van der Waals surface area contributed by atoms with Gasteiger partial charge in [-0.25, -0.2) is 4.79 Å². The van der Waals surface area contributed by atoms with E-state index in [1.165, 1.54) is 11.1 Å². The minimum atomic E-state index is -0.0424. The number of rotatable bonds is 4. The van der Waals surface area contributed by atoms with Crippen LogP contribution in [0, 0.1) is 13.8 Å². The van der Waals surface area contributed by atoms with E-state index in [1.807, 2.05) is 22.4 Å². The first-order valence-corrected chi connectivity index (χ1v) is 9.91. The van der Waals surface area contributed by atoms with Gasteiger partial charge < -0.3 is 9.80 Å². The number of benzene rings is 1. The second-order valence-electron chi connectivity index (χ2n) is 7.19. The molecule has 8 heteroatoms. The number of hydrogen-bond acceptors (Lipinski definition) is 5. The second kappa shape index (κ2) is 7.20. The maximum Gasteiger partial charge on any atom is 0.320 e. The van der Waals surface area contributed by atoms with Crippen LogP contribution in [-0.4, -0.2) is 50.0 Å². The van der Waals surface area contributed by atoms with Gasteiger partial charge in [-0.2, -0.15) is 4.52 Å². The lowest BCUT2D eigenvalue weighted by atomic mass is 10.0. The molecule has 0 bridgehead atoms. The monoisotopic (exact) mass is 394 g/mol. The van der Waals surface area contributed by atoms with Gasteiger partial charge in [0, 0.05) is 29.9 Å². The summed E-state index contributed by atoms with van der Waals surface area (Å²) in [5.74, 6) is 0. The number of pyridine rings is 1. The van der Waals surface area contributed by atoms with E-state index in [0.29, 0.717) is 18.7 Å². The van der Waals surface area contributed by atoms with Crippen LogP contribution in [0.5, 0.6) is 0 Å². The molecule has 0 aliphatic carbocycles. The van der Waals surface area contributed by atoms with Gasteiger partial charge in [0.1, 0.15) is 0 Å². The van der Waals surface area contributed by atoms with Crippen LogP contribution in [0.2, 0.25) is 0 Å². The van der Waals surface area contributed by atoms with Gasteiger partial charge in [0.05, 0.1) is 18.6 Å². The third kappa shape index (κ3) is 3.31. The van der Waals surface area contributed by atoms with Crippen LogP contribution in [0.3, 0.4) is 0 Å². The van der Waals surface area contributed by atoms with Crippen LogP contribution in [-0.2, 0) is 13.1 Å². The van der Waals surface area contributed by atoms with Crippen molar-refractivity contribution >= 4 is 33.9 Å². The number of carbonyl (C=O) groups is 1. The molecule has 0 aliphatic rings. The number of urea groups is 1. The van der Waals surface area contributed by atoms with Crippen molar-refractivity contribution in [3.63, 3.8) is 0 Å². The minimum absolute atomic E-state index is 0.0424. The van der Waals surface area contributed by atoms with E-state index in [1.54, 1.807) is 34.8 Å². The molecule has 0 unspecified atom stereocenters. The highest BCUT2D eigenvalue weighted by atomic mass is 32.1. The lowest BCUT2D eigenvalue weighted by Gasteiger charge is -2.26. The zero-order chi connectivity index (χ0) is 19.8. The molecule has 0 atom stereocenters. The Hall–Kier alpha value is -3.00. The fourth-order valence-corrected chi connectivity index (χ4v) is 4.03. The van der Waals surface area contributed by atoms with E-state index in [4.69, 9.17) is 0 Å². The topological polar surface area (TPSA) is 66.6 Å². The molecule has 7 nitrogen and oxygen atoms in total. The van der Waals surface area contributed by atoms with E-state index in [2.05, 4.69) is 47.6 Å². The highest BCUT2D eigenvalue weighted by Gasteiger charge is 2.20. The number of fused-ring (bicyclic) bond motifs is 3. The highest BCUT2D eigenvalue weighted by molar-refractivity contribution is 7.09. The third-order valence-electron chi connectivity index (χ3n) is 4.90. The molecule has 3 heterocycles. The molecule has 4 rings (SSSR count). The largest absolute Gasteiger partial charge is 0.331 e. The summed E-state index contributed by atoms with van der Waals surface area (Å²) in [6, 6.07) is 10.3. The van der Waals surface area contributed by atoms with Crippen molar-refractivity contribution in [1.82, 2.24) is 29.8 Å². The Bertz CT molecular complexity index is 1150. The lowest BCUT2D eigenvalue weighted by molar-refractivity contribution is 0.166. The summed E-state index contributed by atoms with van der Waals surface area (Å²) in [6.07, 6.45) is 0. The van der Waals surface area contributed by atoms with Crippen molar-refractivity contribution in [2.24, 2.45) is 0 Å². The van der Waals surface area contributed by atoms with E-state index in [0.717, 1.165) is 21.3 Å². The Morgan fingerprint density at radius 2 is 1.93 bits per heavy atom. The maximum absolute atomic E-state index is 12.8. The molecular weight excluding hydrogens is 372 g/mol. The molecule has 0 spiro atoms. The number of carbonyl (C=O) groups excluding carboxylic acids is 1. The summed E-state index contributed by atoms with van der Waals surface area (Å²) >= 11 is 1.64. The zero-order valence-corrected chi connectivity index (χ0v) is 17.2.